The summed E-state index contributed by atoms with van der Waals surface area (Å²) in [6.07, 6.45) is 3.99. The summed E-state index contributed by atoms with van der Waals surface area (Å²) in [7, 11) is 0. The maximum atomic E-state index is 2.66. The fraction of sp³-hybridized carbons (Fsp3) is 0.625. The van der Waals surface area contributed by atoms with Crippen LogP contribution in [-0.4, -0.2) is 23.5 Å². The molecule has 17 heavy (non-hydrogen) atoms. The van der Waals surface area contributed by atoms with Crippen LogP contribution in [0.1, 0.15) is 44.7 Å². The molecule has 0 bridgehead atoms. The number of hydrogen-bond acceptors (Lipinski definition) is 1. The first kappa shape index (κ1) is 11.3. The lowest BCUT2D eigenvalue weighted by Crippen LogP contribution is -2.41. The van der Waals surface area contributed by atoms with Crippen LogP contribution in [0.3, 0.4) is 0 Å². The van der Waals surface area contributed by atoms with E-state index < -0.39 is 0 Å². The van der Waals surface area contributed by atoms with E-state index in [4.69, 9.17) is 0 Å². The molecule has 0 amide bonds. The monoisotopic (exact) mass is 229 g/mol. The Morgan fingerprint density at radius 1 is 1.12 bits per heavy atom. The molecular weight excluding hydrogens is 206 g/mol. The van der Waals surface area contributed by atoms with Crippen LogP contribution in [0.2, 0.25) is 0 Å². The quantitative estimate of drug-likeness (QED) is 0.659. The van der Waals surface area contributed by atoms with Crippen molar-refractivity contribution in [1.82, 2.24) is 4.90 Å². The van der Waals surface area contributed by atoms with E-state index in [2.05, 4.69) is 49.9 Å². The summed E-state index contributed by atoms with van der Waals surface area (Å²) in [6.45, 7) is 9.54. The van der Waals surface area contributed by atoms with Crippen molar-refractivity contribution in [2.45, 2.75) is 51.0 Å². The molecule has 1 heteroatoms. The molecule has 0 aromatic heterocycles. The Labute approximate surface area is 105 Å². The van der Waals surface area contributed by atoms with Crippen molar-refractivity contribution < 1.29 is 0 Å². The average molecular weight is 229 g/mol. The van der Waals surface area contributed by atoms with Gasteiger partial charge in [0.2, 0.25) is 0 Å². The summed E-state index contributed by atoms with van der Waals surface area (Å²) in [6, 6.07) is 9.10. The predicted octanol–water partition coefficient (Wildman–Crippen LogP) is 3.37. The lowest BCUT2D eigenvalue weighted by molar-refractivity contribution is 0.163. The zero-order chi connectivity index (χ0) is 12.1. The van der Waals surface area contributed by atoms with Gasteiger partial charge in [0.25, 0.3) is 0 Å². The summed E-state index contributed by atoms with van der Waals surface area (Å²) >= 11 is 0. The van der Waals surface area contributed by atoms with Crippen LogP contribution < -0.4 is 0 Å². The number of rotatable bonds is 0. The maximum absolute atomic E-state index is 2.66. The van der Waals surface area contributed by atoms with E-state index in [1.165, 1.54) is 32.4 Å². The fourth-order valence-electron chi connectivity index (χ4n) is 3.63. The zero-order valence-corrected chi connectivity index (χ0v) is 11.3. The fourth-order valence-corrected chi connectivity index (χ4v) is 3.63. The van der Waals surface area contributed by atoms with Crippen molar-refractivity contribution in [3.05, 3.63) is 35.4 Å². The molecule has 1 heterocycles. The minimum Gasteiger partial charge on any atom is -0.298 e. The van der Waals surface area contributed by atoms with E-state index in [9.17, 15) is 0 Å². The third-order valence-electron chi connectivity index (χ3n) is 4.76. The largest absolute Gasteiger partial charge is 0.298 e. The van der Waals surface area contributed by atoms with Gasteiger partial charge in [-0.05, 0) is 57.7 Å². The zero-order valence-electron chi connectivity index (χ0n) is 11.3. The molecule has 1 unspecified atom stereocenters. The van der Waals surface area contributed by atoms with Gasteiger partial charge in [0.15, 0.2) is 0 Å². The highest BCUT2D eigenvalue weighted by atomic mass is 15.2. The molecule has 0 radical (unpaired) electrons. The Kier molecular flexibility index (Phi) is 2.38. The lowest BCUT2D eigenvalue weighted by Gasteiger charge is -2.34. The van der Waals surface area contributed by atoms with Gasteiger partial charge in [0.1, 0.15) is 0 Å². The molecule has 1 nitrogen and oxygen atoms in total. The number of likely N-dealkylation sites (tertiary alicyclic amines) is 1. The Balaban J connectivity index is 1.92. The molecule has 1 aliphatic heterocycles. The van der Waals surface area contributed by atoms with Gasteiger partial charge >= 0.3 is 0 Å². The molecule has 92 valence electrons. The molecule has 0 saturated carbocycles. The Bertz CT molecular complexity index is 429. The van der Waals surface area contributed by atoms with Gasteiger partial charge in [-0.1, -0.05) is 24.3 Å². The molecule has 1 atom stereocenters. The summed E-state index contributed by atoms with van der Waals surface area (Å²) in [5.41, 5.74) is 4.04. The van der Waals surface area contributed by atoms with Crippen molar-refractivity contribution in [1.29, 1.82) is 0 Å². The number of nitrogens with zero attached hydrogens (tertiary/aromatic N) is 1. The second-order valence-electron chi connectivity index (χ2n) is 6.78. The summed E-state index contributed by atoms with van der Waals surface area (Å²) in [4.78, 5) is 2.66. The van der Waals surface area contributed by atoms with E-state index in [-0.39, 0.29) is 0 Å². The minimum atomic E-state index is 0.320. The van der Waals surface area contributed by atoms with E-state index in [1.54, 1.807) is 11.1 Å². The Morgan fingerprint density at radius 2 is 1.88 bits per heavy atom. The van der Waals surface area contributed by atoms with Gasteiger partial charge in [-0.2, -0.15) is 0 Å². The molecule has 1 aromatic carbocycles. The minimum absolute atomic E-state index is 0.320. The highest BCUT2D eigenvalue weighted by Gasteiger charge is 2.45. The Hall–Kier alpha value is -0.820. The van der Waals surface area contributed by atoms with Crippen LogP contribution in [-0.2, 0) is 11.8 Å². The Morgan fingerprint density at radius 3 is 2.59 bits per heavy atom. The molecule has 1 aromatic rings. The molecule has 0 N–H and O–H groups in total. The molecule has 1 spiro atoms. The number of benzene rings is 1. The SMILES string of the molecule is CC(C)(C)N1CCC2(CCc3ccccc32)C1. The summed E-state index contributed by atoms with van der Waals surface area (Å²) in [5, 5.41) is 0. The van der Waals surface area contributed by atoms with Gasteiger partial charge in [0, 0.05) is 17.5 Å². The van der Waals surface area contributed by atoms with Crippen LogP contribution in [0.25, 0.3) is 0 Å². The standard InChI is InChI=1S/C16H23N/c1-15(2,3)17-11-10-16(12-17)9-8-13-6-4-5-7-14(13)16/h4-7H,8-12H2,1-3H3. The van der Waals surface area contributed by atoms with Crippen molar-refractivity contribution in [3.63, 3.8) is 0 Å². The number of aryl methyl sites for hydroxylation is 1. The van der Waals surface area contributed by atoms with Crippen molar-refractivity contribution in [2.75, 3.05) is 13.1 Å². The lowest BCUT2D eigenvalue weighted by atomic mass is 9.81. The van der Waals surface area contributed by atoms with Crippen LogP contribution in [0.4, 0.5) is 0 Å². The van der Waals surface area contributed by atoms with Crippen molar-refractivity contribution in [3.8, 4) is 0 Å². The smallest absolute Gasteiger partial charge is 0.0125 e. The number of hydrogen-bond donors (Lipinski definition) is 0. The van der Waals surface area contributed by atoms with Crippen molar-refractivity contribution in [2.24, 2.45) is 0 Å². The van der Waals surface area contributed by atoms with E-state index >= 15 is 0 Å². The van der Waals surface area contributed by atoms with Crippen LogP contribution >= 0.6 is 0 Å². The second kappa shape index (κ2) is 3.58. The number of fused-ring (bicyclic) bond motifs is 2. The van der Waals surface area contributed by atoms with Crippen LogP contribution in [0, 0.1) is 0 Å². The van der Waals surface area contributed by atoms with Gasteiger partial charge in [-0.3, -0.25) is 4.90 Å². The third-order valence-corrected chi connectivity index (χ3v) is 4.76. The first-order valence-electron chi connectivity index (χ1n) is 6.85. The topological polar surface area (TPSA) is 3.24 Å². The van der Waals surface area contributed by atoms with Crippen LogP contribution in [0.15, 0.2) is 24.3 Å². The molecule has 2 aliphatic rings. The average Bonchev–Trinajstić information content (AvgIpc) is 2.86. The van der Waals surface area contributed by atoms with Gasteiger partial charge in [-0.25, -0.2) is 0 Å². The molecular formula is C16H23N. The first-order valence-corrected chi connectivity index (χ1v) is 6.85. The molecule has 3 rings (SSSR count). The van der Waals surface area contributed by atoms with Gasteiger partial charge < -0.3 is 0 Å². The third kappa shape index (κ3) is 1.72. The second-order valence-corrected chi connectivity index (χ2v) is 6.78. The van der Waals surface area contributed by atoms with E-state index in [0.717, 1.165) is 0 Å². The molecule has 1 fully saturated rings. The van der Waals surface area contributed by atoms with Crippen molar-refractivity contribution >= 4 is 0 Å². The predicted molar refractivity (Wildman–Crippen MR) is 72.4 cm³/mol. The normalized spacial score (nSPS) is 28.9. The maximum Gasteiger partial charge on any atom is 0.0125 e. The molecule has 1 aliphatic carbocycles. The summed E-state index contributed by atoms with van der Waals surface area (Å²) in [5.74, 6) is 0. The van der Waals surface area contributed by atoms with Gasteiger partial charge in [-0.15, -0.1) is 0 Å². The van der Waals surface area contributed by atoms with E-state index in [1.807, 2.05) is 0 Å². The highest BCUT2D eigenvalue weighted by molar-refractivity contribution is 5.40. The molecule has 1 saturated heterocycles. The van der Waals surface area contributed by atoms with E-state index in [0.29, 0.717) is 11.0 Å². The highest BCUT2D eigenvalue weighted by Crippen LogP contribution is 2.46. The summed E-state index contributed by atoms with van der Waals surface area (Å²) < 4.78 is 0. The van der Waals surface area contributed by atoms with Crippen LogP contribution in [0.5, 0.6) is 0 Å². The van der Waals surface area contributed by atoms with Gasteiger partial charge in [0.05, 0.1) is 0 Å². The first-order chi connectivity index (χ1) is 8.01.